The molecule has 3 aromatic rings. The fourth-order valence-corrected chi connectivity index (χ4v) is 5.45. The molecule has 1 fully saturated rings. The van der Waals surface area contributed by atoms with Crippen LogP contribution < -0.4 is 5.32 Å². The Bertz CT molecular complexity index is 1270. The molecule has 1 aliphatic heterocycles. The normalized spacial score (nSPS) is 14.1. The van der Waals surface area contributed by atoms with Crippen molar-refractivity contribution in [3.05, 3.63) is 81.8 Å². The maximum absolute atomic E-state index is 14.3. The highest BCUT2D eigenvalue weighted by Crippen LogP contribution is 2.24. The Kier molecular flexibility index (Phi) is 6.18. The number of anilines is 1. The third-order valence-corrected chi connectivity index (χ3v) is 7.55. The van der Waals surface area contributed by atoms with Crippen molar-refractivity contribution >= 4 is 33.0 Å². The summed E-state index contributed by atoms with van der Waals surface area (Å²) >= 11 is 1.54. The number of benzene rings is 2. The van der Waals surface area contributed by atoms with Gasteiger partial charge in [-0.2, -0.15) is 4.31 Å². The van der Waals surface area contributed by atoms with Crippen LogP contribution in [0.5, 0.6) is 0 Å². The molecule has 8 heteroatoms. The largest absolute Gasteiger partial charge is 0.322 e. The minimum absolute atomic E-state index is 0.0641. The molecule has 1 amide bonds. The lowest BCUT2D eigenvalue weighted by molar-refractivity contribution is 0.102. The molecule has 2 aromatic carbocycles. The summed E-state index contributed by atoms with van der Waals surface area (Å²) in [6, 6.07) is 14.3. The monoisotopic (exact) mass is 454 g/mol. The van der Waals surface area contributed by atoms with Crippen LogP contribution in [-0.2, 0) is 10.0 Å². The summed E-state index contributed by atoms with van der Waals surface area (Å²) in [5.74, 6) is 4.70. The minimum atomic E-state index is -3.97. The number of nitrogens with zero attached hydrogens (tertiary/aromatic N) is 1. The number of rotatable bonds is 4. The molecule has 0 saturated carbocycles. The smallest absolute Gasteiger partial charge is 0.255 e. The molecule has 0 unspecified atom stereocenters. The first-order chi connectivity index (χ1) is 14.9. The van der Waals surface area contributed by atoms with Crippen molar-refractivity contribution in [2.45, 2.75) is 17.7 Å². The van der Waals surface area contributed by atoms with Gasteiger partial charge < -0.3 is 5.32 Å². The molecular weight excluding hydrogens is 435 g/mol. The molecule has 4 rings (SSSR count). The number of thiophene rings is 1. The summed E-state index contributed by atoms with van der Waals surface area (Å²) in [5.41, 5.74) is 1.30. The van der Waals surface area contributed by atoms with Gasteiger partial charge in [-0.25, -0.2) is 12.8 Å². The zero-order valence-corrected chi connectivity index (χ0v) is 18.1. The quantitative estimate of drug-likeness (QED) is 0.597. The Hall–Kier alpha value is -2.99. The first-order valence-corrected chi connectivity index (χ1v) is 12.0. The second-order valence-electron chi connectivity index (χ2n) is 7.02. The topological polar surface area (TPSA) is 66.5 Å². The van der Waals surface area contributed by atoms with E-state index in [0.717, 1.165) is 35.4 Å². The number of carbonyl (C=O) groups excluding carboxylic acids is 1. The molecule has 0 spiro atoms. The van der Waals surface area contributed by atoms with Crippen molar-refractivity contribution in [3.8, 4) is 11.8 Å². The Morgan fingerprint density at radius 2 is 1.84 bits per heavy atom. The number of sulfonamides is 1. The zero-order valence-electron chi connectivity index (χ0n) is 16.5. The molecule has 0 radical (unpaired) electrons. The highest BCUT2D eigenvalue weighted by atomic mass is 32.2. The second-order valence-corrected chi connectivity index (χ2v) is 9.87. The van der Waals surface area contributed by atoms with Crippen LogP contribution in [0.3, 0.4) is 0 Å². The molecule has 158 valence electrons. The van der Waals surface area contributed by atoms with Crippen LogP contribution in [0, 0.1) is 17.7 Å². The van der Waals surface area contributed by atoms with E-state index in [1.54, 1.807) is 29.5 Å². The highest BCUT2D eigenvalue weighted by Gasteiger charge is 2.30. The van der Waals surface area contributed by atoms with Crippen molar-refractivity contribution in [1.29, 1.82) is 0 Å². The summed E-state index contributed by atoms with van der Waals surface area (Å²) in [6.07, 6.45) is 1.49. The van der Waals surface area contributed by atoms with E-state index >= 15 is 0 Å². The van der Waals surface area contributed by atoms with Gasteiger partial charge in [-0.15, -0.1) is 11.3 Å². The second kappa shape index (κ2) is 9.02. The lowest BCUT2D eigenvalue weighted by atomic mass is 10.1. The molecule has 31 heavy (non-hydrogen) atoms. The lowest BCUT2D eigenvalue weighted by Gasteiger charge is -2.16. The summed E-state index contributed by atoms with van der Waals surface area (Å²) in [6.45, 7) is 0.717. The van der Waals surface area contributed by atoms with E-state index < -0.39 is 26.6 Å². The third-order valence-electron chi connectivity index (χ3n) is 4.85. The number of nitrogens with one attached hydrogen (secondary N) is 1. The van der Waals surface area contributed by atoms with E-state index in [9.17, 15) is 17.6 Å². The van der Waals surface area contributed by atoms with Crippen molar-refractivity contribution in [1.82, 2.24) is 4.31 Å². The van der Waals surface area contributed by atoms with Crippen molar-refractivity contribution < 1.29 is 17.6 Å². The van der Waals surface area contributed by atoms with Gasteiger partial charge in [0.25, 0.3) is 5.91 Å². The Labute approximate surface area is 184 Å². The summed E-state index contributed by atoms with van der Waals surface area (Å²) in [5, 5.41) is 4.67. The van der Waals surface area contributed by atoms with Crippen LogP contribution in [0.1, 0.15) is 33.6 Å². The maximum Gasteiger partial charge on any atom is 0.255 e. The number of hydrogen-bond donors (Lipinski definition) is 1. The summed E-state index contributed by atoms with van der Waals surface area (Å²) in [4.78, 5) is 13.2. The number of carbonyl (C=O) groups is 1. The van der Waals surface area contributed by atoms with Gasteiger partial charge >= 0.3 is 0 Å². The zero-order chi connectivity index (χ0) is 21.8. The van der Waals surface area contributed by atoms with E-state index in [0.29, 0.717) is 18.8 Å². The van der Waals surface area contributed by atoms with E-state index in [4.69, 9.17) is 0 Å². The fourth-order valence-electron chi connectivity index (χ4n) is 3.27. The average molecular weight is 455 g/mol. The SMILES string of the molecule is O=C(Nc1cccc(C#Cc2cccs2)c1)c1ccc(F)c(S(=O)(=O)N2CCCC2)c1. The summed E-state index contributed by atoms with van der Waals surface area (Å²) in [7, 11) is -3.97. The predicted molar refractivity (Wildman–Crippen MR) is 119 cm³/mol. The summed E-state index contributed by atoms with van der Waals surface area (Å²) < 4.78 is 41.0. The Balaban J connectivity index is 1.55. The van der Waals surface area contributed by atoms with Crippen molar-refractivity contribution in [2.75, 3.05) is 18.4 Å². The number of amides is 1. The molecule has 1 aromatic heterocycles. The Morgan fingerprint density at radius 1 is 1.03 bits per heavy atom. The van der Waals surface area contributed by atoms with Gasteiger partial charge in [0.1, 0.15) is 10.7 Å². The van der Waals surface area contributed by atoms with Crippen molar-refractivity contribution in [2.24, 2.45) is 0 Å². The van der Waals surface area contributed by atoms with Crippen molar-refractivity contribution in [3.63, 3.8) is 0 Å². The maximum atomic E-state index is 14.3. The lowest BCUT2D eigenvalue weighted by Crippen LogP contribution is -2.29. The predicted octanol–water partition coefficient (Wildman–Crippen LogP) is 4.32. The van der Waals surface area contributed by atoms with E-state index in [1.807, 2.05) is 23.6 Å². The first kappa shape index (κ1) is 21.2. The highest BCUT2D eigenvalue weighted by molar-refractivity contribution is 7.89. The number of halogens is 1. The van der Waals surface area contributed by atoms with Crippen LogP contribution in [0.4, 0.5) is 10.1 Å². The van der Waals surface area contributed by atoms with E-state index in [1.165, 1.54) is 10.4 Å². The van der Waals surface area contributed by atoms with Gasteiger partial charge in [-0.3, -0.25) is 4.79 Å². The first-order valence-electron chi connectivity index (χ1n) is 9.70. The number of hydrogen-bond acceptors (Lipinski definition) is 4. The molecule has 0 atom stereocenters. The molecule has 5 nitrogen and oxygen atoms in total. The molecule has 0 bridgehead atoms. The van der Waals surface area contributed by atoms with Gasteiger partial charge in [-0.1, -0.05) is 24.0 Å². The molecular formula is C23H19FN2O3S2. The third kappa shape index (κ3) is 4.85. The molecule has 1 saturated heterocycles. The molecule has 1 aliphatic rings. The fraction of sp³-hybridized carbons (Fsp3) is 0.174. The Morgan fingerprint density at radius 3 is 2.58 bits per heavy atom. The average Bonchev–Trinajstić information content (AvgIpc) is 3.47. The van der Waals surface area contributed by atoms with Crippen LogP contribution in [0.15, 0.2) is 64.9 Å². The van der Waals surface area contributed by atoms with Gasteiger partial charge in [0.05, 0.1) is 4.88 Å². The van der Waals surface area contributed by atoms with Gasteiger partial charge in [0, 0.05) is 29.9 Å². The minimum Gasteiger partial charge on any atom is -0.322 e. The van der Waals surface area contributed by atoms with Gasteiger partial charge in [-0.05, 0) is 60.7 Å². The molecule has 1 N–H and O–H groups in total. The van der Waals surface area contributed by atoms with Gasteiger partial charge in [0.2, 0.25) is 10.0 Å². The van der Waals surface area contributed by atoms with Crippen LogP contribution in [0.2, 0.25) is 0 Å². The van der Waals surface area contributed by atoms with Crippen LogP contribution in [-0.4, -0.2) is 31.7 Å². The van der Waals surface area contributed by atoms with Crippen LogP contribution in [0.25, 0.3) is 0 Å². The van der Waals surface area contributed by atoms with E-state index in [2.05, 4.69) is 17.2 Å². The molecule has 0 aliphatic carbocycles. The van der Waals surface area contributed by atoms with Crippen LogP contribution >= 0.6 is 11.3 Å². The molecule has 2 heterocycles. The van der Waals surface area contributed by atoms with Gasteiger partial charge in [0.15, 0.2) is 0 Å². The van der Waals surface area contributed by atoms with E-state index in [-0.39, 0.29) is 5.56 Å². The standard InChI is InChI=1S/C23H19FN2O3S2/c24-21-11-9-18(16-22(21)31(28,29)26-12-1-2-13-26)23(27)25-19-6-3-5-17(15-19)8-10-20-7-4-14-30-20/h3-7,9,11,14-16H,1-2,12-13H2,(H,25,27).